The Labute approximate surface area is 159 Å². The molecule has 0 unspecified atom stereocenters. The van der Waals surface area contributed by atoms with E-state index in [4.69, 9.17) is 11.6 Å². The van der Waals surface area contributed by atoms with Crippen LogP contribution in [0.4, 0.5) is 5.69 Å². The Balaban J connectivity index is 1.84. The number of amides is 2. The van der Waals surface area contributed by atoms with E-state index in [-0.39, 0.29) is 30.9 Å². The average molecular weight is 374 g/mol. The van der Waals surface area contributed by atoms with Crippen LogP contribution in [0.15, 0.2) is 54.6 Å². The van der Waals surface area contributed by atoms with Gasteiger partial charge in [0.2, 0.25) is 11.8 Å². The number of carbonyl (C=O) groups is 2. The molecule has 1 atom stereocenters. The third-order valence-electron chi connectivity index (χ3n) is 4.20. The Morgan fingerprint density at radius 3 is 2.23 bits per heavy atom. The maximum atomic E-state index is 12.5. The molecule has 0 saturated carbocycles. The van der Waals surface area contributed by atoms with Crippen molar-refractivity contribution in [1.82, 2.24) is 9.80 Å². The van der Waals surface area contributed by atoms with Crippen LogP contribution in [-0.4, -0.2) is 48.8 Å². The highest BCUT2D eigenvalue weighted by Crippen LogP contribution is 2.18. The zero-order valence-corrected chi connectivity index (χ0v) is 16.0. The first-order valence-corrected chi connectivity index (χ1v) is 8.79. The molecule has 0 spiro atoms. The number of carbonyl (C=O) groups excluding carboxylic acids is 2. The Kier molecular flexibility index (Phi) is 7.18. The highest BCUT2D eigenvalue weighted by Gasteiger charge is 2.19. The van der Waals surface area contributed by atoms with Crippen LogP contribution in [0.3, 0.4) is 0 Å². The maximum Gasteiger partial charge on any atom is 0.238 e. The highest BCUT2D eigenvalue weighted by atomic mass is 35.5. The molecule has 0 aliphatic rings. The van der Waals surface area contributed by atoms with E-state index in [1.807, 2.05) is 37.3 Å². The van der Waals surface area contributed by atoms with E-state index < -0.39 is 0 Å². The Morgan fingerprint density at radius 2 is 1.62 bits per heavy atom. The van der Waals surface area contributed by atoms with Crippen molar-refractivity contribution in [2.45, 2.75) is 13.0 Å². The molecule has 2 rings (SSSR count). The predicted octanol–water partition coefficient (Wildman–Crippen LogP) is 3.43. The quantitative estimate of drug-likeness (QED) is 0.809. The minimum absolute atomic E-state index is 0.0278. The molecule has 0 aliphatic carbocycles. The molecule has 26 heavy (non-hydrogen) atoms. The molecule has 1 N–H and O–H groups in total. The van der Waals surface area contributed by atoms with E-state index in [1.165, 1.54) is 0 Å². The topological polar surface area (TPSA) is 52.7 Å². The molecule has 2 aromatic carbocycles. The summed E-state index contributed by atoms with van der Waals surface area (Å²) in [6, 6.07) is 16.7. The van der Waals surface area contributed by atoms with E-state index in [9.17, 15) is 9.59 Å². The fourth-order valence-corrected chi connectivity index (χ4v) is 2.67. The number of nitrogens with one attached hydrogen (secondary N) is 1. The van der Waals surface area contributed by atoms with Gasteiger partial charge in [-0.05, 0) is 43.8 Å². The van der Waals surface area contributed by atoms with Gasteiger partial charge in [0.1, 0.15) is 0 Å². The van der Waals surface area contributed by atoms with E-state index in [0.717, 1.165) is 5.56 Å². The molecular weight excluding hydrogens is 350 g/mol. The minimum atomic E-state index is -0.179. The molecule has 0 saturated heterocycles. The summed E-state index contributed by atoms with van der Waals surface area (Å²) >= 11 is 5.83. The van der Waals surface area contributed by atoms with Crippen molar-refractivity contribution in [2.75, 3.05) is 32.5 Å². The second kappa shape index (κ2) is 9.36. The Morgan fingerprint density at radius 1 is 1.00 bits per heavy atom. The number of hydrogen-bond acceptors (Lipinski definition) is 3. The predicted molar refractivity (Wildman–Crippen MR) is 105 cm³/mol. The molecule has 138 valence electrons. The first-order chi connectivity index (χ1) is 12.4. The normalized spacial score (nSPS) is 11.9. The molecule has 2 amide bonds. The van der Waals surface area contributed by atoms with Crippen LogP contribution >= 0.6 is 11.6 Å². The van der Waals surface area contributed by atoms with E-state index in [1.54, 1.807) is 48.2 Å². The van der Waals surface area contributed by atoms with Crippen molar-refractivity contribution < 1.29 is 9.59 Å². The summed E-state index contributed by atoms with van der Waals surface area (Å²) < 4.78 is 0. The van der Waals surface area contributed by atoms with Gasteiger partial charge in [-0.1, -0.05) is 41.9 Å². The van der Waals surface area contributed by atoms with Gasteiger partial charge in [-0.15, -0.1) is 0 Å². The first kappa shape index (κ1) is 19.9. The van der Waals surface area contributed by atoms with Gasteiger partial charge >= 0.3 is 0 Å². The monoisotopic (exact) mass is 373 g/mol. The lowest BCUT2D eigenvalue weighted by atomic mass is 10.1. The standard InChI is InChI=1S/C20H24ClN3O2/c1-15(16-7-5-4-6-8-16)24(3)20(26)14-23(2)13-19(25)22-18-11-9-17(21)10-12-18/h4-12,15H,13-14H2,1-3H3,(H,22,25)/t15-/m1/s1. The third kappa shape index (κ3) is 5.86. The maximum absolute atomic E-state index is 12.5. The van der Waals surface area contributed by atoms with Crippen LogP contribution in [0.5, 0.6) is 0 Å². The number of halogens is 1. The van der Waals surface area contributed by atoms with Gasteiger partial charge in [0, 0.05) is 17.8 Å². The number of rotatable bonds is 7. The van der Waals surface area contributed by atoms with Gasteiger partial charge < -0.3 is 10.2 Å². The van der Waals surface area contributed by atoms with Gasteiger partial charge in [-0.3, -0.25) is 14.5 Å². The molecule has 5 nitrogen and oxygen atoms in total. The van der Waals surface area contributed by atoms with Crippen molar-refractivity contribution in [3.63, 3.8) is 0 Å². The van der Waals surface area contributed by atoms with Gasteiger partial charge in [-0.25, -0.2) is 0 Å². The van der Waals surface area contributed by atoms with Crippen LogP contribution in [-0.2, 0) is 9.59 Å². The van der Waals surface area contributed by atoms with Crippen molar-refractivity contribution in [3.8, 4) is 0 Å². The van der Waals surface area contributed by atoms with Crippen LogP contribution < -0.4 is 5.32 Å². The summed E-state index contributed by atoms with van der Waals surface area (Å²) in [7, 11) is 3.53. The van der Waals surface area contributed by atoms with Crippen LogP contribution in [0.1, 0.15) is 18.5 Å². The molecular formula is C20H24ClN3O2. The number of anilines is 1. The lowest BCUT2D eigenvalue weighted by Gasteiger charge is -2.27. The molecule has 0 heterocycles. The van der Waals surface area contributed by atoms with E-state index in [2.05, 4.69) is 5.32 Å². The van der Waals surface area contributed by atoms with Gasteiger partial charge in [0.15, 0.2) is 0 Å². The van der Waals surface area contributed by atoms with Gasteiger partial charge in [-0.2, -0.15) is 0 Å². The molecule has 0 aromatic heterocycles. The summed E-state index contributed by atoms with van der Waals surface area (Å²) in [5.74, 6) is -0.218. The average Bonchev–Trinajstić information content (AvgIpc) is 2.62. The van der Waals surface area contributed by atoms with Crippen molar-refractivity contribution in [1.29, 1.82) is 0 Å². The van der Waals surface area contributed by atoms with Crippen molar-refractivity contribution in [3.05, 3.63) is 65.2 Å². The van der Waals surface area contributed by atoms with Gasteiger partial charge in [0.05, 0.1) is 19.1 Å². The van der Waals surface area contributed by atoms with Crippen molar-refractivity contribution >= 4 is 29.1 Å². The SMILES string of the molecule is C[C@H](c1ccccc1)N(C)C(=O)CN(C)CC(=O)Nc1ccc(Cl)cc1. The zero-order chi connectivity index (χ0) is 19.1. The molecule has 0 fully saturated rings. The smallest absolute Gasteiger partial charge is 0.238 e. The van der Waals surface area contributed by atoms with Crippen LogP contribution in [0, 0.1) is 0 Å². The first-order valence-electron chi connectivity index (χ1n) is 8.41. The fraction of sp³-hybridized carbons (Fsp3) is 0.300. The summed E-state index contributed by atoms with van der Waals surface area (Å²) in [6.07, 6.45) is 0. The summed E-state index contributed by atoms with van der Waals surface area (Å²) in [5, 5.41) is 3.40. The summed E-state index contributed by atoms with van der Waals surface area (Å²) in [6.45, 7) is 2.28. The van der Waals surface area contributed by atoms with E-state index in [0.29, 0.717) is 10.7 Å². The van der Waals surface area contributed by atoms with Crippen LogP contribution in [0.2, 0.25) is 5.02 Å². The molecule has 2 aromatic rings. The lowest BCUT2D eigenvalue weighted by molar-refractivity contribution is -0.133. The van der Waals surface area contributed by atoms with Crippen LogP contribution in [0.25, 0.3) is 0 Å². The minimum Gasteiger partial charge on any atom is -0.338 e. The second-order valence-electron chi connectivity index (χ2n) is 6.32. The fourth-order valence-electron chi connectivity index (χ4n) is 2.55. The number of hydrogen-bond donors (Lipinski definition) is 1. The largest absolute Gasteiger partial charge is 0.338 e. The zero-order valence-electron chi connectivity index (χ0n) is 15.3. The number of likely N-dealkylation sites (N-methyl/N-ethyl adjacent to an activating group) is 2. The molecule has 0 bridgehead atoms. The number of nitrogens with zero attached hydrogens (tertiary/aromatic N) is 2. The summed E-state index contributed by atoms with van der Waals surface area (Å²) in [5.41, 5.74) is 1.75. The third-order valence-corrected chi connectivity index (χ3v) is 4.45. The van der Waals surface area contributed by atoms with Crippen molar-refractivity contribution in [2.24, 2.45) is 0 Å². The summed E-state index contributed by atoms with van der Waals surface area (Å²) in [4.78, 5) is 28.0. The van der Waals surface area contributed by atoms with E-state index >= 15 is 0 Å². The molecule has 0 aliphatic heterocycles. The second-order valence-corrected chi connectivity index (χ2v) is 6.76. The number of benzene rings is 2. The lowest BCUT2D eigenvalue weighted by Crippen LogP contribution is -2.40. The Hall–Kier alpha value is -2.37. The Bertz CT molecular complexity index is 734. The van der Waals surface area contributed by atoms with Gasteiger partial charge in [0.25, 0.3) is 0 Å². The molecule has 6 heteroatoms. The molecule has 0 radical (unpaired) electrons. The highest BCUT2D eigenvalue weighted by molar-refractivity contribution is 6.30.